The molecule has 12 nitrogen and oxygen atoms in total. The summed E-state index contributed by atoms with van der Waals surface area (Å²) in [5, 5.41) is 17.1. The van der Waals surface area contributed by atoms with E-state index in [-0.39, 0.29) is 35.8 Å². The summed E-state index contributed by atoms with van der Waals surface area (Å²) in [5.41, 5.74) is 9.36. The second-order valence-electron chi connectivity index (χ2n) is 7.55. The number of carbonyl (C=O) groups excluding carboxylic acids is 3. The van der Waals surface area contributed by atoms with Gasteiger partial charge in [-0.25, -0.2) is 4.79 Å². The van der Waals surface area contributed by atoms with E-state index in [4.69, 9.17) is 10.3 Å². The van der Waals surface area contributed by atoms with Gasteiger partial charge in [0.15, 0.2) is 0 Å². The van der Waals surface area contributed by atoms with Gasteiger partial charge in [-0.15, -0.1) is 11.8 Å². The minimum absolute atomic E-state index is 0.0735. The Kier molecular flexibility index (Phi) is 7.56. The van der Waals surface area contributed by atoms with Crippen LogP contribution >= 0.6 is 11.8 Å². The lowest BCUT2D eigenvalue weighted by atomic mass is 9.82. The zero-order valence-electron chi connectivity index (χ0n) is 18.0. The Labute approximate surface area is 193 Å². The molecule has 1 aromatic rings. The number of non-ortho nitro benzene ring substituents is 1. The van der Waals surface area contributed by atoms with Gasteiger partial charge in [-0.05, 0) is 23.2 Å². The summed E-state index contributed by atoms with van der Waals surface area (Å²) < 4.78 is 5.41. The molecular weight excluding hydrogens is 452 g/mol. The molecule has 2 aliphatic rings. The molecule has 33 heavy (non-hydrogen) atoms. The summed E-state index contributed by atoms with van der Waals surface area (Å²) in [4.78, 5) is 51.9. The average Bonchev–Trinajstić information content (AvgIpc) is 3.09. The maximum atomic E-state index is 12.9. The van der Waals surface area contributed by atoms with Gasteiger partial charge in [-0.2, -0.15) is 0 Å². The molecule has 0 aliphatic carbocycles. The lowest BCUT2D eigenvalue weighted by Gasteiger charge is -2.45. The lowest BCUT2D eigenvalue weighted by Crippen LogP contribution is -2.61. The van der Waals surface area contributed by atoms with Gasteiger partial charge >= 0.3 is 5.97 Å². The van der Waals surface area contributed by atoms with E-state index in [2.05, 4.69) is 15.3 Å². The minimum Gasteiger partial charge on any atom is -0.456 e. The Bertz CT molecular complexity index is 1050. The normalized spacial score (nSPS) is 19.8. The van der Waals surface area contributed by atoms with E-state index in [9.17, 15) is 24.5 Å². The lowest BCUT2D eigenvalue weighted by molar-refractivity contribution is -0.384. The number of amides is 2. The number of hydrogen-bond donors (Lipinski definition) is 1. The van der Waals surface area contributed by atoms with E-state index in [0.717, 1.165) is 0 Å². The van der Waals surface area contributed by atoms with Gasteiger partial charge in [0.1, 0.15) is 12.3 Å². The van der Waals surface area contributed by atoms with Crippen LogP contribution in [0.3, 0.4) is 0 Å². The smallest absolute Gasteiger partial charge is 0.356 e. The van der Waals surface area contributed by atoms with Gasteiger partial charge in [0.25, 0.3) is 5.69 Å². The van der Waals surface area contributed by atoms with Crippen molar-refractivity contribution in [3.05, 3.63) is 61.0 Å². The summed E-state index contributed by atoms with van der Waals surface area (Å²) in [6, 6.07) is 4.77. The highest BCUT2D eigenvalue weighted by molar-refractivity contribution is 8.03. The number of thioether (sulfide) groups is 1. The minimum atomic E-state index is -0.680. The molecule has 1 N–H and O–H groups in total. The van der Waals surface area contributed by atoms with Crippen molar-refractivity contribution in [3.63, 3.8) is 0 Å². The molecule has 0 unspecified atom stereocenters. The van der Waals surface area contributed by atoms with Crippen LogP contribution in [0.15, 0.2) is 40.0 Å². The average molecular weight is 474 g/mol. The third-order valence-electron chi connectivity index (χ3n) is 5.38. The highest BCUT2D eigenvalue weighted by Gasteiger charge is 2.56. The number of azide groups is 1. The monoisotopic (exact) mass is 474 g/mol. The number of carbonyl (C=O) groups is 3. The van der Waals surface area contributed by atoms with Gasteiger partial charge in [-0.1, -0.05) is 12.0 Å². The number of nitro benzene ring substituents is 1. The SMILES string of the molecule is CC(=O)NCCSC1=C(C(=O)OCc2ccc([N+](=O)[O-])cc2)N2C(=O)[C@H]([C@@H](C)N=[N+]=[N-])[C@H]2C1. The zero-order chi connectivity index (χ0) is 24.1. The first kappa shape index (κ1) is 24.1. The molecule has 13 heteroatoms. The third kappa shape index (κ3) is 5.26. The number of hydrogen-bond acceptors (Lipinski definition) is 8. The number of rotatable bonds is 10. The maximum Gasteiger partial charge on any atom is 0.356 e. The van der Waals surface area contributed by atoms with Crippen LogP contribution in [0.1, 0.15) is 25.8 Å². The summed E-state index contributed by atoms with van der Waals surface area (Å²) in [7, 11) is 0. The number of nitrogens with zero attached hydrogens (tertiary/aromatic N) is 5. The summed E-state index contributed by atoms with van der Waals surface area (Å²) in [6.07, 6.45) is 0.425. The van der Waals surface area contributed by atoms with Gasteiger partial charge in [-0.3, -0.25) is 19.7 Å². The van der Waals surface area contributed by atoms with E-state index < -0.39 is 22.9 Å². The first-order valence-corrected chi connectivity index (χ1v) is 11.1. The van der Waals surface area contributed by atoms with E-state index in [1.54, 1.807) is 6.92 Å². The van der Waals surface area contributed by atoms with Crippen molar-refractivity contribution in [1.29, 1.82) is 0 Å². The van der Waals surface area contributed by atoms with E-state index >= 15 is 0 Å². The number of fused-ring (bicyclic) bond motifs is 1. The number of benzene rings is 1. The van der Waals surface area contributed by atoms with Gasteiger partial charge < -0.3 is 15.0 Å². The van der Waals surface area contributed by atoms with Crippen LogP contribution in [0.25, 0.3) is 10.4 Å². The fourth-order valence-electron chi connectivity index (χ4n) is 3.84. The number of esters is 1. The molecule has 1 fully saturated rings. The predicted octanol–water partition coefficient (Wildman–Crippen LogP) is 2.65. The van der Waals surface area contributed by atoms with E-state index in [1.807, 2.05) is 0 Å². The molecule has 2 heterocycles. The van der Waals surface area contributed by atoms with E-state index in [0.29, 0.717) is 29.2 Å². The quantitative estimate of drug-likeness (QED) is 0.0794. The highest BCUT2D eigenvalue weighted by atomic mass is 32.2. The number of β-lactam (4-membered cyclic amide) rings is 1. The topological polar surface area (TPSA) is 168 Å². The molecule has 0 spiro atoms. The first-order valence-electron chi connectivity index (χ1n) is 10.1. The molecule has 1 saturated heterocycles. The van der Waals surface area contributed by atoms with Crippen molar-refractivity contribution in [2.75, 3.05) is 12.3 Å². The number of nitrogens with one attached hydrogen (secondary N) is 1. The van der Waals surface area contributed by atoms with Crippen LogP contribution < -0.4 is 5.32 Å². The number of ether oxygens (including phenoxy) is 1. The molecule has 2 amide bonds. The Morgan fingerprint density at radius 1 is 1.42 bits per heavy atom. The highest BCUT2D eigenvalue weighted by Crippen LogP contribution is 2.47. The summed E-state index contributed by atoms with van der Waals surface area (Å²) in [5.74, 6) is -1.17. The van der Waals surface area contributed by atoms with Crippen molar-refractivity contribution in [2.45, 2.75) is 39.0 Å². The molecule has 3 rings (SSSR count). The Balaban J connectivity index is 1.73. The van der Waals surface area contributed by atoms with E-state index in [1.165, 1.54) is 47.9 Å². The van der Waals surface area contributed by atoms with Crippen molar-refractivity contribution in [1.82, 2.24) is 10.2 Å². The van der Waals surface area contributed by atoms with Crippen LogP contribution in [-0.2, 0) is 25.7 Å². The molecule has 0 radical (unpaired) electrons. The fourth-order valence-corrected chi connectivity index (χ4v) is 4.89. The van der Waals surface area contributed by atoms with Gasteiger partial charge in [0, 0.05) is 53.6 Å². The van der Waals surface area contributed by atoms with Crippen LogP contribution in [0.2, 0.25) is 0 Å². The van der Waals surface area contributed by atoms with Crippen molar-refractivity contribution in [2.24, 2.45) is 11.0 Å². The van der Waals surface area contributed by atoms with Crippen LogP contribution in [-0.4, -0.2) is 52.0 Å². The molecule has 0 aromatic heterocycles. The predicted molar refractivity (Wildman–Crippen MR) is 118 cm³/mol. The van der Waals surface area contributed by atoms with Gasteiger partial charge in [0.2, 0.25) is 11.8 Å². The maximum absolute atomic E-state index is 12.9. The van der Waals surface area contributed by atoms with Gasteiger partial charge in [0.05, 0.1) is 16.9 Å². The Hall–Kier alpha value is -3.57. The molecule has 174 valence electrons. The Morgan fingerprint density at radius 3 is 2.73 bits per heavy atom. The molecule has 0 saturated carbocycles. The molecule has 1 aromatic carbocycles. The summed E-state index contributed by atoms with van der Waals surface area (Å²) in [6.45, 7) is 3.35. The van der Waals surface area contributed by atoms with Crippen molar-refractivity contribution < 1.29 is 24.0 Å². The number of nitro groups is 1. The molecular formula is C20H22N6O6S. The third-order valence-corrected chi connectivity index (χ3v) is 6.50. The molecule has 3 atom stereocenters. The first-order chi connectivity index (χ1) is 15.7. The largest absolute Gasteiger partial charge is 0.456 e. The second-order valence-corrected chi connectivity index (χ2v) is 8.74. The molecule has 0 bridgehead atoms. The second kappa shape index (κ2) is 10.4. The van der Waals surface area contributed by atoms with Crippen LogP contribution in [0.4, 0.5) is 5.69 Å². The van der Waals surface area contributed by atoms with Crippen molar-refractivity contribution >= 4 is 35.2 Å². The fraction of sp³-hybridized carbons (Fsp3) is 0.450. The summed E-state index contributed by atoms with van der Waals surface area (Å²) >= 11 is 1.36. The van der Waals surface area contributed by atoms with Crippen LogP contribution in [0, 0.1) is 16.0 Å². The zero-order valence-corrected chi connectivity index (χ0v) is 18.8. The molecule has 2 aliphatic heterocycles. The van der Waals surface area contributed by atoms with Crippen molar-refractivity contribution in [3.8, 4) is 0 Å². The standard InChI is InChI=1S/C20H22N6O6S/c1-11(23-24-21)17-15-9-16(33-8-7-22-12(2)27)18(25(15)19(17)28)20(29)32-10-13-3-5-14(6-4-13)26(30)31/h3-6,11,15,17H,7-10H2,1-2H3,(H,22,27)/t11-,15-,17-/m1/s1. The Morgan fingerprint density at radius 2 is 2.12 bits per heavy atom. The van der Waals surface area contributed by atoms with Crippen LogP contribution in [0.5, 0.6) is 0 Å².